The highest BCUT2D eigenvalue weighted by atomic mass is 15.3. The maximum absolute atomic E-state index is 5.92. The van der Waals surface area contributed by atoms with Crippen molar-refractivity contribution < 1.29 is 0 Å². The summed E-state index contributed by atoms with van der Waals surface area (Å²) in [5.74, 6) is 2.12. The van der Waals surface area contributed by atoms with Crippen LogP contribution in [0.25, 0.3) is 27.9 Å². The van der Waals surface area contributed by atoms with E-state index in [1.54, 1.807) is 36.1 Å². The van der Waals surface area contributed by atoms with Crippen molar-refractivity contribution >= 4 is 34.0 Å². The minimum Gasteiger partial charge on any atom is -0.384 e. The zero-order valence-corrected chi connectivity index (χ0v) is 14.2. The van der Waals surface area contributed by atoms with Crippen molar-refractivity contribution in [2.75, 3.05) is 11.1 Å². The van der Waals surface area contributed by atoms with Crippen LogP contribution in [0.4, 0.5) is 17.5 Å². The lowest BCUT2D eigenvalue weighted by molar-refractivity contribution is 0.932. The number of pyridine rings is 1. The van der Waals surface area contributed by atoms with Gasteiger partial charge in [0.05, 0.1) is 16.6 Å². The molecule has 0 radical (unpaired) electrons. The van der Waals surface area contributed by atoms with Gasteiger partial charge < -0.3 is 11.1 Å². The Morgan fingerprint density at radius 3 is 2.93 bits per heavy atom. The Hall–Kier alpha value is -4.08. The molecule has 10 heteroatoms. The molecule has 0 aliphatic rings. The lowest BCUT2D eigenvalue weighted by atomic mass is 10.2. The first-order chi connectivity index (χ1) is 13.2. The average Bonchev–Trinajstić information content (AvgIpc) is 3.22. The number of aromatic amines is 1. The molecule has 10 nitrogen and oxygen atoms in total. The number of aryl methyl sites for hydroxylation is 1. The van der Waals surface area contributed by atoms with Gasteiger partial charge in [0.15, 0.2) is 17.3 Å². The number of anilines is 3. The van der Waals surface area contributed by atoms with Crippen LogP contribution in [0.5, 0.6) is 0 Å². The van der Waals surface area contributed by atoms with Crippen LogP contribution in [-0.4, -0.2) is 39.7 Å². The van der Waals surface area contributed by atoms with Crippen LogP contribution in [-0.2, 0) is 0 Å². The van der Waals surface area contributed by atoms with Crippen molar-refractivity contribution in [3.63, 3.8) is 0 Å². The summed E-state index contributed by atoms with van der Waals surface area (Å²) in [5, 5.41) is 15.8. The fourth-order valence-corrected chi connectivity index (χ4v) is 2.98. The summed E-state index contributed by atoms with van der Waals surface area (Å²) in [4.78, 5) is 17.5. The van der Waals surface area contributed by atoms with Crippen molar-refractivity contribution in [3.8, 4) is 11.4 Å². The number of nitrogens with two attached hydrogens (primary N) is 1. The number of nitrogen functional groups attached to an aromatic ring is 1. The second-order valence-electron chi connectivity index (χ2n) is 5.95. The van der Waals surface area contributed by atoms with Crippen LogP contribution in [0.15, 0.2) is 42.9 Å². The number of nitrogens with one attached hydrogen (secondary N) is 2. The normalized spacial score (nSPS) is 11.3. The predicted octanol–water partition coefficient (Wildman–Crippen LogP) is 2.09. The van der Waals surface area contributed by atoms with E-state index in [4.69, 9.17) is 5.73 Å². The van der Waals surface area contributed by atoms with E-state index in [2.05, 4.69) is 40.5 Å². The third-order valence-electron chi connectivity index (χ3n) is 4.09. The number of nitrogens with zero attached hydrogens (tertiary/aromatic N) is 7. The fourth-order valence-electron chi connectivity index (χ4n) is 2.98. The maximum atomic E-state index is 5.92. The molecule has 0 aliphatic heterocycles. The standard InChI is InChI=1S/C17H14N10/c1-9-21-12(7-13(18)22-9)15-17(23-14-3-2-5-20-27(14)15)24-16-10-8-19-6-4-11(10)25-26-16/h2-8H,1H3,(H2,18,21,22)(H2,24,25,26). The Morgan fingerprint density at radius 1 is 1.11 bits per heavy atom. The van der Waals surface area contributed by atoms with Gasteiger partial charge in [-0.2, -0.15) is 10.2 Å². The zero-order chi connectivity index (χ0) is 18.4. The summed E-state index contributed by atoms with van der Waals surface area (Å²) >= 11 is 0. The van der Waals surface area contributed by atoms with Crippen LogP contribution in [0.3, 0.4) is 0 Å². The number of rotatable bonds is 3. The Bertz CT molecular complexity index is 1270. The van der Waals surface area contributed by atoms with E-state index < -0.39 is 0 Å². The Labute approximate surface area is 152 Å². The number of hydrogen-bond donors (Lipinski definition) is 3. The van der Waals surface area contributed by atoms with Crippen molar-refractivity contribution in [1.82, 2.24) is 39.7 Å². The van der Waals surface area contributed by atoms with Crippen LogP contribution in [0, 0.1) is 6.92 Å². The highest BCUT2D eigenvalue weighted by Crippen LogP contribution is 2.31. The highest BCUT2D eigenvalue weighted by molar-refractivity contribution is 5.92. The minimum atomic E-state index is 0.378. The molecule has 4 N–H and O–H groups in total. The van der Waals surface area contributed by atoms with Gasteiger partial charge in [-0.15, -0.1) is 0 Å². The van der Waals surface area contributed by atoms with Crippen molar-refractivity contribution in [2.45, 2.75) is 6.92 Å². The number of hydrogen-bond acceptors (Lipinski definition) is 8. The Kier molecular flexibility index (Phi) is 3.22. The molecule has 5 aromatic rings. The first-order valence-corrected chi connectivity index (χ1v) is 8.19. The summed E-state index contributed by atoms with van der Waals surface area (Å²) in [7, 11) is 0. The monoisotopic (exact) mass is 358 g/mol. The summed E-state index contributed by atoms with van der Waals surface area (Å²) < 4.78 is 1.71. The molecular formula is C17H14N10. The zero-order valence-electron chi connectivity index (χ0n) is 14.2. The van der Waals surface area contributed by atoms with Gasteiger partial charge in [0.1, 0.15) is 17.3 Å². The molecule has 0 aromatic carbocycles. The summed E-state index contributed by atoms with van der Waals surface area (Å²) in [6, 6.07) is 7.24. The largest absolute Gasteiger partial charge is 0.384 e. The average molecular weight is 358 g/mol. The van der Waals surface area contributed by atoms with Gasteiger partial charge in [0.25, 0.3) is 0 Å². The van der Waals surface area contributed by atoms with E-state index in [1.807, 2.05) is 18.2 Å². The van der Waals surface area contributed by atoms with Crippen LogP contribution in [0.2, 0.25) is 0 Å². The number of fused-ring (bicyclic) bond motifs is 2. The van der Waals surface area contributed by atoms with Gasteiger partial charge in [-0.25, -0.2) is 19.5 Å². The van der Waals surface area contributed by atoms with Crippen LogP contribution < -0.4 is 11.1 Å². The van der Waals surface area contributed by atoms with Crippen molar-refractivity contribution in [2.24, 2.45) is 0 Å². The highest BCUT2D eigenvalue weighted by Gasteiger charge is 2.19. The Balaban J connectivity index is 1.72. The molecule has 0 spiro atoms. The lowest BCUT2D eigenvalue weighted by Gasteiger charge is -2.06. The van der Waals surface area contributed by atoms with E-state index in [9.17, 15) is 0 Å². The third kappa shape index (κ3) is 2.51. The molecule has 5 rings (SSSR count). The Morgan fingerprint density at radius 2 is 2.04 bits per heavy atom. The van der Waals surface area contributed by atoms with E-state index in [-0.39, 0.29) is 0 Å². The molecule has 0 atom stereocenters. The van der Waals surface area contributed by atoms with E-state index in [0.29, 0.717) is 40.3 Å². The molecule has 0 fully saturated rings. The maximum Gasteiger partial charge on any atom is 0.162 e. The third-order valence-corrected chi connectivity index (χ3v) is 4.09. The summed E-state index contributed by atoms with van der Waals surface area (Å²) in [6.07, 6.45) is 5.13. The molecule has 0 saturated carbocycles. The molecule has 0 saturated heterocycles. The van der Waals surface area contributed by atoms with Crippen molar-refractivity contribution in [1.29, 1.82) is 0 Å². The summed E-state index contributed by atoms with van der Waals surface area (Å²) in [6.45, 7) is 1.79. The number of aromatic nitrogens is 8. The van der Waals surface area contributed by atoms with Gasteiger partial charge in [-0.05, 0) is 25.1 Å². The number of imidazole rings is 1. The first-order valence-electron chi connectivity index (χ1n) is 8.19. The molecular weight excluding hydrogens is 344 g/mol. The topological polar surface area (TPSA) is 136 Å². The molecule has 0 aliphatic carbocycles. The summed E-state index contributed by atoms with van der Waals surface area (Å²) in [5.41, 5.74) is 8.75. The van der Waals surface area contributed by atoms with Crippen LogP contribution in [0.1, 0.15) is 5.82 Å². The molecule has 0 amide bonds. The molecule has 0 unspecified atom stereocenters. The smallest absolute Gasteiger partial charge is 0.162 e. The van der Waals surface area contributed by atoms with Crippen molar-refractivity contribution in [3.05, 3.63) is 48.7 Å². The van der Waals surface area contributed by atoms with Gasteiger partial charge in [-0.1, -0.05) is 0 Å². The minimum absolute atomic E-state index is 0.378. The molecule has 132 valence electrons. The molecule has 5 heterocycles. The van der Waals surface area contributed by atoms with Gasteiger partial charge in [0, 0.05) is 24.7 Å². The van der Waals surface area contributed by atoms with E-state index in [1.165, 1.54) is 0 Å². The SMILES string of the molecule is Cc1nc(N)cc(-c2c(Nc3n[nH]c4ccncc34)nc3cccnn23)n1. The predicted molar refractivity (Wildman–Crippen MR) is 100 cm³/mol. The fraction of sp³-hybridized carbons (Fsp3) is 0.0588. The van der Waals surface area contributed by atoms with E-state index in [0.717, 1.165) is 10.9 Å². The first kappa shape index (κ1) is 15.2. The molecule has 5 aromatic heterocycles. The van der Waals surface area contributed by atoms with Gasteiger partial charge in [-0.3, -0.25) is 10.1 Å². The lowest BCUT2D eigenvalue weighted by Crippen LogP contribution is -2.02. The van der Waals surface area contributed by atoms with Gasteiger partial charge >= 0.3 is 0 Å². The molecule has 0 bridgehead atoms. The number of H-pyrrole nitrogens is 1. The molecule has 27 heavy (non-hydrogen) atoms. The second kappa shape index (κ2) is 5.73. The quantitative estimate of drug-likeness (QED) is 0.446. The van der Waals surface area contributed by atoms with E-state index >= 15 is 0 Å². The van der Waals surface area contributed by atoms with Gasteiger partial charge in [0.2, 0.25) is 0 Å². The second-order valence-corrected chi connectivity index (χ2v) is 5.95. The van der Waals surface area contributed by atoms with Crippen LogP contribution >= 0.6 is 0 Å².